The molecule has 0 amide bonds. The zero-order valence-electron chi connectivity index (χ0n) is 16.8. The van der Waals surface area contributed by atoms with Crippen LogP contribution in [-0.2, 0) is 0 Å². The number of rotatable bonds is 12. The van der Waals surface area contributed by atoms with Crippen molar-refractivity contribution >= 4 is 0 Å². The molecule has 0 saturated heterocycles. The molecule has 22 heavy (non-hydrogen) atoms. The molecule has 5 atom stereocenters. The maximum Gasteiger partial charge on any atom is -0.0298 e. The van der Waals surface area contributed by atoms with Crippen LogP contribution in [0.25, 0.3) is 0 Å². The van der Waals surface area contributed by atoms with Gasteiger partial charge in [0, 0.05) is 0 Å². The van der Waals surface area contributed by atoms with E-state index in [-0.39, 0.29) is 0 Å². The van der Waals surface area contributed by atoms with Gasteiger partial charge in [0.1, 0.15) is 0 Å². The second-order valence-electron chi connectivity index (χ2n) is 8.91. The van der Waals surface area contributed by atoms with Gasteiger partial charge < -0.3 is 0 Å². The van der Waals surface area contributed by atoms with Crippen molar-refractivity contribution in [2.45, 2.75) is 106 Å². The molecular weight excluding hydrogens is 264 g/mol. The summed E-state index contributed by atoms with van der Waals surface area (Å²) < 4.78 is 0. The van der Waals surface area contributed by atoms with E-state index in [0.717, 1.165) is 29.6 Å². The first-order valence-corrected chi connectivity index (χ1v) is 10.4. The Kier molecular flexibility index (Phi) is 8.50. The fourth-order valence-corrected chi connectivity index (χ4v) is 4.60. The standard InChI is InChI=1S/C22H44/c1-8-10-12-15-22(7,20(6)17(3)9-2)16-13-11-14-21-18(4)19(21)5/h17-21H,8-16H2,1-7H3. The lowest BCUT2D eigenvalue weighted by Gasteiger charge is -2.39. The largest absolute Gasteiger partial charge is 0.0654 e. The summed E-state index contributed by atoms with van der Waals surface area (Å²) in [6, 6.07) is 0. The van der Waals surface area contributed by atoms with Gasteiger partial charge in [-0.3, -0.25) is 0 Å². The summed E-state index contributed by atoms with van der Waals surface area (Å²) in [6.07, 6.45) is 12.9. The lowest BCUT2D eigenvalue weighted by molar-refractivity contribution is 0.107. The van der Waals surface area contributed by atoms with E-state index in [9.17, 15) is 0 Å². The Bertz CT molecular complexity index is 286. The second-order valence-corrected chi connectivity index (χ2v) is 8.91. The van der Waals surface area contributed by atoms with Crippen LogP contribution in [0.4, 0.5) is 0 Å². The second kappa shape index (κ2) is 9.33. The molecule has 1 rings (SSSR count). The summed E-state index contributed by atoms with van der Waals surface area (Å²) in [6.45, 7) is 17.2. The SMILES string of the molecule is CCCCCC(C)(CCCCC1C(C)C1C)C(C)C(C)CC. The minimum Gasteiger partial charge on any atom is -0.0654 e. The van der Waals surface area contributed by atoms with E-state index >= 15 is 0 Å². The maximum atomic E-state index is 2.60. The maximum absolute atomic E-state index is 2.60. The summed E-state index contributed by atoms with van der Waals surface area (Å²) in [5.41, 5.74) is 0.575. The van der Waals surface area contributed by atoms with Gasteiger partial charge in [-0.15, -0.1) is 0 Å². The van der Waals surface area contributed by atoms with E-state index < -0.39 is 0 Å². The van der Waals surface area contributed by atoms with Gasteiger partial charge >= 0.3 is 0 Å². The fraction of sp³-hybridized carbons (Fsp3) is 1.00. The van der Waals surface area contributed by atoms with Gasteiger partial charge in [-0.25, -0.2) is 0 Å². The van der Waals surface area contributed by atoms with Crippen molar-refractivity contribution in [3.8, 4) is 0 Å². The molecule has 0 aliphatic heterocycles. The van der Waals surface area contributed by atoms with Gasteiger partial charge in [-0.2, -0.15) is 0 Å². The van der Waals surface area contributed by atoms with Crippen LogP contribution in [0.15, 0.2) is 0 Å². The molecule has 0 heterocycles. The van der Waals surface area contributed by atoms with E-state index in [4.69, 9.17) is 0 Å². The quantitative estimate of drug-likeness (QED) is 0.324. The van der Waals surface area contributed by atoms with E-state index in [1.54, 1.807) is 0 Å². The molecule has 0 N–H and O–H groups in total. The highest BCUT2D eigenvalue weighted by Gasteiger charge is 2.41. The molecule has 1 saturated carbocycles. The molecule has 1 aliphatic carbocycles. The van der Waals surface area contributed by atoms with E-state index in [1.807, 2.05) is 0 Å². The van der Waals surface area contributed by atoms with Crippen molar-refractivity contribution in [3.05, 3.63) is 0 Å². The molecule has 132 valence electrons. The molecule has 0 bridgehead atoms. The summed E-state index contributed by atoms with van der Waals surface area (Å²) >= 11 is 0. The van der Waals surface area contributed by atoms with Crippen LogP contribution in [0.2, 0.25) is 0 Å². The molecule has 0 aromatic rings. The summed E-state index contributed by atoms with van der Waals surface area (Å²) in [4.78, 5) is 0. The van der Waals surface area contributed by atoms with Gasteiger partial charge in [-0.05, 0) is 54.3 Å². The molecule has 0 heteroatoms. The Labute approximate surface area is 141 Å². The third-order valence-corrected chi connectivity index (χ3v) is 7.52. The van der Waals surface area contributed by atoms with Crippen LogP contribution in [0.1, 0.15) is 106 Å². The van der Waals surface area contributed by atoms with Crippen molar-refractivity contribution in [2.24, 2.45) is 35.0 Å². The van der Waals surface area contributed by atoms with Crippen molar-refractivity contribution in [2.75, 3.05) is 0 Å². The molecule has 0 aromatic carbocycles. The lowest BCUT2D eigenvalue weighted by Crippen LogP contribution is -2.30. The zero-order valence-corrected chi connectivity index (χ0v) is 16.8. The lowest BCUT2D eigenvalue weighted by atomic mass is 9.66. The Hall–Kier alpha value is 0. The van der Waals surface area contributed by atoms with Gasteiger partial charge in [0.25, 0.3) is 0 Å². The third-order valence-electron chi connectivity index (χ3n) is 7.52. The average Bonchev–Trinajstić information content (AvgIpc) is 3.08. The van der Waals surface area contributed by atoms with Crippen LogP contribution in [0.5, 0.6) is 0 Å². The van der Waals surface area contributed by atoms with Crippen LogP contribution < -0.4 is 0 Å². The number of hydrogen-bond acceptors (Lipinski definition) is 0. The van der Waals surface area contributed by atoms with Crippen LogP contribution >= 0.6 is 0 Å². The zero-order chi connectivity index (χ0) is 16.8. The number of unbranched alkanes of at least 4 members (excludes halogenated alkanes) is 3. The minimum absolute atomic E-state index is 0.575. The van der Waals surface area contributed by atoms with Crippen molar-refractivity contribution < 1.29 is 0 Å². The van der Waals surface area contributed by atoms with E-state index in [2.05, 4.69) is 48.5 Å². The third kappa shape index (κ3) is 5.57. The highest BCUT2D eigenvalue weighted by Crippen LogP contribution is 2.49. The summed E-state index contributed by atoms with van der Waals surface area (Å²) in [5, 5.41) is 0. The van der Waals surface area contributed by atoms with Gasteiger partial charge in [-0.1, -0.05) is 87.0 Å². The van der Waals surface area contributed by atoms with E-state index in [0.29, 0.717) is 5.41 Å². The molecule has 0 spiro atoms. The van der Waals surface area contributed by atoms with Crippen molar-refractivity contribution in [3.63, 3.8) is 0 Å². The molecule has 0 radical (unpaired) electrons. The molecule has 0 aromatic heterocycles. The van der Waals surface area contributed by atoms with E-state index in [1.165, 1.54) is 57.8 Å². The molecule has 1 aliphatic rings. The molecular formula is C22H44. The van der Waals surface area contributed by atoms with Crippen molar-refractivity contribution in [1.82, 2.24) is 0 Å². The first-order chi connectivity index (χ1) is 10.4. The highest BCUT2D eigenvalue weighted by molar-refractivity contribution is 4.90. The molecule has 0 nitrogen and oxygen atoms in total. The minimum atomic E-state index is 0.575. The Morgan fingerprint density at radius 2 is 1.41 bits per heavy atom. The van der Waals surface area contributed by atoms with Crippen molar-refractivity contribution in [1.29, 1.82) is 0 Å². The first-order valence-electron chi connectivity index (χ1n) is 10.4. The Morgan fingerprint density at radius 3 is 1.86 bits per heavy atom. The predicted molar refractivity (Wildman–Crippen MR) is 101 cm³/mol. The van der Waals surface area contributed by atoms with Gasteiger partial charge in [0.15, 0.2) is 0 Å². The monoisotopic (exact) mass is 308 g/mol. The predicted octanol–water partition coefficient (Wildman–Crippen LogP) is 7.72. The topological polar surface area (TPSA) is 0 Å². The fourth-order valence-electron chi connectivity index (χ4n) is 4.60. The molecule has 5 unspecified atom stereocenters. The Morgan fingerprint density at radius 1 is 0.864 bits per heavy atom. The number of hydrogen-bond donors (Lipinski definition) is 0. The summed E-state index contributed by atoms with van der Waals surface area (Å²) in [7, 11) is 0. The normalized spacial score (nSPS) is 29.9. The van der Waals surface area contributed by atoms with Gasteiger partial charge in [0.05, 0.1) is 0 Å². The van der Waals surface area contributed by atoms with Gasteiger partial charge in [0.2, 0.25) is 0 Å². The average molecular weight is 309 g/mol. The van der Waals surface area contributed by atoms with Crippen LogP contribution in [0, 0.1) is 35.0 Å². The smallest absolute Gasteiger partial charge is 0.0298 e. The summed E-state index contributed by atoms with van der Waals surface area (Å²) in [5.74, 6) is 4.81. The molecule has 1 fully saturated rings. The van der Waals surface area contributed by atoms with Crippen LogP contribution in [-0.4, -0.2) is 0 Å². The van der Waals surface area contributed by atoms with Crippen LogP contribution in [0.3, 0.4) is 0 Å². The highest BCUT2D eigenvalue weighted by atomic mass is 14.5. The Balaban J connectivity index is 2.42. The first kappa shape index (κ1) is 20.0.